The first-order chi connectivity index (χ1) is 8.27. The Labute approximate surface area is 105 Å². The summed E-state index contributed by atoms with van der Waals surface area (Å²) in [5.41, 5.74) is 7.95. The highest BCUT2D eigenvalue weighted by Gasteiger charge is 2.13. The fourth-order valence-corrected chi connectivity index (χ4v) is 2.95. The van der Waals surface area contributed by atoms with Crippen LogP contribution in [0, 0.1) is 6.92 Å². The van der Waals surface area contributed by atoms with Crippen LogP contribution in [-0.4, -0.2) is 29.6 Å². The molecule has 2 N–H and O–H groups in total. The van der Waals surface area contributed by atoms with Crippen LogP contribution in [0.2, 0.25) is 0 Å². The second-order valence-electron chi connectivity index (χ2n) is 4.07. The van der Waals surface area contributed by atoms with E-state index >= 15 is 0 Å². The summed E-state index contributed by atoms with van der Waals surface area (Å²) < 4.78 is 1.17. The fraction of sp³-hybridized carbons (Fsp3) is 0.500. The van der Waals surface area contributed by atoms with Crippen molar-refractivity contribution < 1.29 is 0 Å². The number of fused-ring (bicyclic) bond motifs is 1. The Hall–Kier alpha value is -1.20. The maximum atomic E-state index is 5.66. The van der Waals surface area contributed by atoms with Gasteiger partial charge in [0.15, 0.2) is 0 Å². The summed E-state index contributed by atoms with van der Waals surface area (Å²) in [5.74, 6) is 1.03. The number of aromatic nitrogens is 2. The van der Waals surface area contributed by atoms with Crippen molar-refractivity contribution in [1.29, 1.82) is 0 Å². The van der Waals surface area contributed by atoms with Crippen molar-refractivity contribution in [2.45, 2.75) is 20.3 Å². The van der Waals surface area contributed by atoms with Gasteiger partial charge in [-0.1, -0.05) is 6.92 Å². The molecule has 0 unspecified atom stereocenters. The molecule has 0 radical (unpaired) electrons. The highest BCUT2D eigenvalue weighted by atomic mass is 32.1. The van der Waals surface area contributed by atoms with Crippen LogP contribution in [0.1, 0.15) is 18.9 Å². The Morgan fingerprint density at radius 3 is 2.88 bits per heavy atom. The second-order valence-corrected chi connectivity index (χ2v) is 4.95. The predicted octanol–water partition coefficient (Wildman–Crippen LogP) is 2.17. The van der Waals surface area contributed by atoms with Crippen molar-refractivity contribution in [2.24, 2.45) is 5.73 Å². The minimum Gasteiger partial charge on any atom is -0.354 e. The molecule has 0 saturated carbocycles. The average Bonchev–Trinajstić information content (AvgIpc) is 2.71. The van der Waals surface area contributed by atoms with Crippen molar-refractivity contribution in [2.75, 3.05) is 24.5 Å². The molecule has 0 aromatic carbocycles. The molecule has 0 aliphatic carbocycles. The molecule has 0 bridgehead atoms. The molecule has 92 valence electrons. The van der Waals surface area contributed by atoms with Gasteiger partial charge in [-0.2, -0.15) is 0 Å². The Morgan fingerprint density at radius 1 is 1.35 bits per heavy atom. The molecule has 0 spiro atoms. The van der Waals surface area contributed by atoms with Gasteiger partial charge in [0, 0.05) is 19.6 Å². The van der Waals surface area contributed by atoms with Crippen LogP contribution >= 0.6 is 11.3 Å². The quantitative estimate of drug-likeness (QED) is 0.883. The van der Waals surface area contributed by atoms with E-state index in [1.165, 1.54) is 10.3 Å². The zero-order valence-corrected chi connectivity index (χ0v) is 11.1. The lowest BCUT2D eigenvalue weighted by atomic mass is 10.3. The lowest BCUT2D eigenvalue weighted by Gasteiger charge is -2.22. The molecule has 4 nitrogen and oxygen atoms in total. The Bertz CT molecular complexity index is 488. The van der Waals surface area contributed by atoms with E-state index in [-0.39, 0.29) is 0 Å². The molecule has 2 aromatic heterocycles. The highest BCUT2D eigenvalue weighted by Crippen LogP contribution is 2.30. The first kappa shape index (κ1) is 12.3. The number of aryl methyl sites for hydroxylation is 1. The molecule has 0 atom stereocenters. The molecule has 0 amide bonds. The third-order valence-corrected chi connectivity index (χ3v) is 3.79. The molecule has 2 aromatic rings. The van der Waals surface area contributed by atoms with Crippen LogP contribution < -0.4 is 10.6 Å². The summed E-state index contributed by atoms with van der Waals surface area (Å²) in [5, 5.41) is 2.13. The van der Waals surface area contributed by atoms with E-state index in [0.717, 1.165) is 30.8 Å². The SMILES string of the molecule is CCCN(CCN)c1ncnc2c(C)csc12. The topological polar surface area (TPSA) is 55.0 Å². The van der Waals surface area contributed by atoms with E-state index in [4.69, 9.17) is 5.73 Å². The van der Waals surface area contributed by atoms with E-state index < -0.39 is 0 Å². The van der Waals surface area contributed by atoms with Crippen molar-refractivity contribution in [1.82, 2.24) is 9.97 Å². The number of nitrogens with two attached hydrogens (primary N) is 1. The molecule has 2 rings (SSSR count). The average molecular weight is 250 g/mol. The van der Waals surface area contributed by atoms with Crippen molar-refractivity contribution in [3.63, 3.8) is 0 Å². The molecule has 0 aliphatic heterocycles. The van der Waals surface area contributed by atoms with Gasteiger partial charge in [-0.05, 0) is 24.3 Å². The zero-order chi connectivity index (χ0) is 12.3. The maximum absolute atomic E-state index is 5.66. The first-order valence-corrected chi connectivity index (χ1v) is 6.79. The molecule has 0 aliphatic rings. The summed E-state index contributed by atoms with van der Waals surface area (Å²) in [6.07, 6.45) is 2.74. The van der Waals surface area contributed by atoms with Crippen molar-refractivity contribution in [3.05, 3.63) is 17.3 Å². The summed E-state index contributed by atoms with van der Waals surface area (Å²) in [6, 6.07) is 0. The van der Waals surface area contributed by atoms with E-state index in [0.29, 0.717) is 6.54 Å². The summed E-state index contributed by atoms with van der Waals surface area (Å²) in [6.45, 7) is 6.73. The standard InChI is InChI=1S/C12H18N4S/c1-3-5-16(6-4-13)12-11-10(14-8-15-12)9(2)7-17-11/h7-8H,3-6,13H2,1-2H3. The van der Waals surface area contributed by atoms with Gasteiger partial charge in [-0.3, -0.25) is 0 Å². The third kappa shape index (κ3) is 2.40. The highest BCUT2D eigenvalue weighted by molar-refractivity contribution is 7.18. The number of hydrogen-bond donors (Lipinski definition) is 1. The monoisotopic (exact) mass is 250 g/mol. The third-order valence-electron chi connectivity index (χ3n) is 2.70. The second kappa shape index (κ2) is 5.42. The minimum atomic E-state index is 0.649. The Balaban J connectivity index is 2.44. The predicted molar refractivity (Wildman–Crippen MR) is 73.7 cm³/mol. The lowest BCUT2D eigenvalue weighted by Crippen LogP contribution is -2.30. The van der Waals surface area contributed by atoms with Gasteiger partial charge < -0.3 is 10.6 Å². The normalized spacial score (nSPS) is 11.0. The molecule has 0 fully saturated rings. The van der Waals surface area contributed by atoms with Crippen molar-refractivity contribution >= 4 is 27.4 Å². The molecule has 0 saturated heterocycles. The van der Waals surface area contributed by atoms with Gasteiger partial charge in [-0.15, -0.1) is 11.3 Å². The summed E-state index contributed by atoms with van der Waals surface area (Å²) >= 11 is 1.71. The van der Waals surface area contributed by atoms with Gasteiger partial charge in [0.1, 0.15) is 12.1 Å². The number of thiophene rings is 1. The Kier molecular flexibility index (Phi) is 3.91. The largest absolute Gasteiger partial charge is 0.354 e. The number of anilines is 1. The van der Waals surface area contributed by atoms with Crippen LogP contribution in [0.3, 0.4) is 0 Å². The first-order valence-electron chi connectivity index (χ1n) is 5.91. The van der Waals surface area contributed by atoms with Crippen LogP contribution in [-0.2, 0) is 0 Å². The fourth-order valence-electron chi connectivity index (χ4n) is 1.93. The molecular formula is C12H18N4S. The summed E-state index contributed by atoms with van der Waals surface area (Å²) in [7, 11) is 0. The molecule has 2 heterocycles. The molecule has 17 heavy (non-hydrogen) atoms. The summed E-state index contributed by atoms with van der Waals surface area (Å²) in [4.78, 5) is 11.0. The maximum Gasteiger partial charge on any atom is 0.150 e. The van der Waals surface area contributed by atoms with E-state index in [1.807, 2.05) is 0 Å². The number of hydrogen-bond acceptors (Lipinski definition) is 5. The van der Waals surface area contributed by atoms with Gasteiger partial charge in [0.25, 0.3) is 0 Å². The van der Waals surface area contributed by atoms with Gasteiger partial charge in [0.2, 0.25) is 0 Å². The van der Waals surface area contributed by atoms with Gasteiger partial charge in [0.05, 0.1) is 10.2 Å². The van der Waals surface area contributed by atoms with E-state index in [9.17, 15) is 0 Å². The lowest BCUT2D eigenvalue weighted by molar-refractivity contribution is 0.754. The van der Waals surface area contributed by atoms with E-state index in [1.54, 1.807) is 17.7 Å². The molecular weight excluding hydrogens is 232 g/mol. The minimum absolute atomic E-state index is 0.649. The van der Waals surface area contributed by atoms with Gasteiger partial charge >= 0.3 is 0 Å². The van der Waals surface area contributed by atoms with E-state index in [2.05, 4.69) is 34.1 Å². The molecule has 5 heteroatoms. The van der Waals surface area contributed by atoms with Crippen LogP contribution in [0.5, 0.6) is 0 Å². The number of rotatable bonds is 5. The van der Waals surface area contributed by atoms with Crippen LogP contribution in [0.4, 0.5) is 5.82 Å². The van der Waals surface area contributed by atoms with Gasteiger partial charge in [-0.25, -0.2) is 9.97 Å². The van der Waals surface area contributed by atoms with Crippen molar-refractivity contribution in [3.8, 4) is 0 Å². The zero-order valence-electron chi connectivity index (χ0n) is 10.3. The smallest absolute Gasteiger partial charge is 0.150 e. The number of nitrogens with zero attached hydrogens (tertiary/aromatic N) is 3. The van der Waals surface area contributed by atoms with Crippen LogP contribution in [0.25, 0.3) is 10.2 Å². The van der Waals surface area contributed by atoms with Crippen LogP contribution in [0.15, 0.2) is 11.7 Å². The Morgan fingerprint density at radius 2 is 2.18 bits per heavy atom.